The molecule has 164 valence electrons. The molecule has 10 heteroatoms. The highest BCUT2D eigenvalue weighted by Crippen LogP contribution is 2.32. The van der Waals surface area contributed by atoms with Gasteiger partial charge in [-0.25, -0.2) is 14.4 Å². The van der Waals surface area contributed by atoms with Crippen LogP contribution in [-0.4, -0.2) is 44.0 Å². The zero-order chi connectivity index (χ0) is 22.4. The predicted molar refractivity (Wildman–Crippen MR) is 119 cm³/mol. The lowest BCUT2D eigenvalue weighted by atomic mass is 10.1. The summed E-state index contributed by atoms with van der Waals surface area (Å²) in [5.74, 6) is 0.0457. The smallest absolute Gasteiger partial charge is 0.263 e. The third kappa shape index (κ3) is 3.63. The van der Waals surface area contributed by atoms with E-state index in [2.05, 4.69) is 15.0 Å². The minimum atomic E-state index is -0.551. The molecule has 1 fully saturated rings. The molecular weight excluding hydrogens is 435 g/mol. The number of aryl methyl sites for hydroxylation is 2. The van der Waals surface area contributed by atoms with Gasteiger partial charge in [0.05, 0.1) is 35.7 Å². The summed E-state index contributed by atoms with van der Waals surface area (Å²) in [6.07, 6.45) is 4.97. The van der Waals surface area contributed by atoms with Crippen molar-refractivity contribution in [3.8, 4) is 11.3 Å². The van der Waals surface area contributed by atoms with Crippen LogP contribution in [0.3, 0.4) is 0 Å². The molecule has 4 heterocycles. The predicted octanol–water partition coefficient (Wildman–Crippen LogP) is 3.10. The van der Waals surface area contributed by atoms with Crippen LogP contribution in [-0.2, 0) is 18.8 Å². The summed E-state index contributed by atoms with van der Waals surface area (Å²) >= 11 is 5.94. The molecule has 1 aliphatic rings. The van der Waals surface area contributed by atoms with Crippen LogP contribution in [0.2, 0.25) is 5.02 Å². The SMILES string of the molecule is Cn1cc(C2CN(c3cc4ncn(C)c(=O)c4c(-c4ccc(Cl)cc4F)n3)CCO2)cn1. The van der Waals surface area contributed by atoms with E-state index in [1.165, 1.54) is 23.0 Å². The van der Waals surface area contributed by atoms with Gasteiger partial charge in [-0.15, -0.1) is 0 Å². The van der Waals surface area contributed by atoms with E-state index in [1.807, 2.05) is 13.2 Å². The summed E-state index contributed by atoms with van der Waals surface area (Å²) in [5.41, 5.74) is 1.56. The maximum Gasteiger partial charge on any atom is 0.263 e. The van der Waals surface area contributed by atoms with Crippen molar-refractivity contribution in [2.45, 2.75) is 6.10 Å². The molecule has 0 N–H and O–H groups in total. The molecule has 32 heavy (non-hydrogen) atoms. The van der Waals surface area contributed by atoms with E-state index in [1.54, 1.807) is 30.1 Å². The van der Waals surface area contributed by atoms with E-state index in [4.69, 9.17) is 21.3 Å². The van der Waals surface area contributed by atoms with Gasteiger partial charge >= 0.3 is 0 Å². The lowest BCUT2D eigenvalue weighted by Gasteiger charge is -2.33. The highest BCUT2D eigenvalue weighted by Gasteiger charge is 2.26. The second-order valence-corrected chi connectivity index (χ2v) is 8.20. The van der Waals surface area contributed by atoms with Gasteiger partial charge in [-0.2, -0.15) is 5.10 Å². The molecule has 1 saturated heterocycles. The van der Waals surface area contributed by atoms with Crippen molar-refractivity contribution in [2.24, 2.45) is 14.1 Å². The maximum atomic E-state index is 14.9. The average Bonchev–Trinajstić information content (AvgIpc) is 3.22. The number of halogens is 2. The van der Waals surface area contributed by atoms with Gasteiger partial charge in [0.1, 0.15) is 17.7 Å². The van der Waals surface area contributed by atoms with E-state index in [-0.39, 0.29) is 33.3 Å². The Morgan fingerprint density at radius 3 is 2.84 bits per heavy atom. The second kappa shape index (κ2) is 7.99. The highest BCUT2D eigenvalue weighted by atomic mass is 35.5. The first-order valence-electron chi connectivity index (χ1n) is 10.1. The third-order valence-corrected chi connectivity index (χ3v) is 5.80. The second-order valence-electron chi connectivity index (χ2n) is 7.76. The molecule has 8 nitrogen and oxygen atoms in total. The summed E-state index contributed by atoms with van der Waals surface area (Å²) in [7, 11) is 3.46. The van der Waals surface area contributed by atoms with Crippen molar-refractivity contribution in [3.05, 3.63) is 69.7 Å². The van der Waals surface area contributed by atoms with E-state index >= 15 is 0 Å². The summed E-state index contributed by atoms with van der Waals surface area (Å²) in [4.78, 5) is 24.1. The number of nitrogens with zero attached hydrogens (tertiary/aromatic N) is 6. The summed E-state index contributed by atoms with van der Waals surface area (Å²) in [6.45, 7) is 1.63. The number of fused-ring (bicyclic) bond motifs is 1. The van der Waals surface area contributed by atoms with Crippen LogP contribution in [0.15, 0.2) is 47.8 Å². The fourth-order valence-electron chi connectivity index (χ4n) is 3.91. The molecule has 3 aromatic heterocycles. The number of morpholine rings is 1. The zero-order valence-corrected chi connectivity index (χ0v) is 18.3. The molecule has 1 atom stereocenters. The fraction of sp³-hybridized carbons (Fsp3) is 0.273. The van der Waals surface area contributed by atoms with Crippen LogP contribution >= 0.6 is 11.6 Å². The summed E-state index contributed by atoms with van der Waals surface area (Å²) < 4.78 is 23.9. The normalized spacial score (nSPS) is 16.6. The molecular formula is C22H20ClFN6O2. The van der Waals surface area contributed by atoms with Crippen molar-refractivity contribution >= 4 is 28.3 Å². The van der Waals surface area contributed by atoms with Crippen LogP contribution in [0, 0.1) is 5.82 Å². The zero-order valence-electron chi connectivity index (χ0n) is 17.5. The number of ether oxygens (including phenoxy) is 1. The molecule has 0 amide bonds. The van der Waals surface area contributed by atoms with Gasteiger partial charge in [0, 0.05) is 55.6 Å². The molecule has 0 radical (unpaired) electrons. The lowest BCUT2D eigenvalue weighted by Crippen LogP contribution is -2.39. The van der Waals surface area contributed by atoms with Gasteiger partial charge in [-0.05, 0) is 18.2 Å². The molecule has 1 unspecified atom stereocenters. The standard InChI is InChI=1S/C22H20ClFN6O2/c1-28-12-25-17-8-19(30-5-6-32-18(11-30)13-9-26-29(2)10-13)27-21(20(17)22(28)31)15-4-3-14(23)7-16(15)24/h3-4,7-10,12,18H,5-6,11H2,1-2H3. The molecule has 0 spiro atoms. The topological polar surface area (TPSA) is 78.1 Å². The molecule has 4 aromatic rings. The Labute approximate surface area is 187 Å². The molecule has 5 rings (SSSR count). The number of pyridine rings is 1. The van der Waals surface area contributed by atoms with Crippen molar-refractivity contribution < 1.29 is 9.13 Å². The van der Waals surface area contributed by atoms with Gasteiger partial charge < -0.3 is 14.2 Å². The Bertz CT molecular complexity index is 1380. The van der Waals surface area contributed by atoms with E-state index in [9.17, 15) is 9.18 Å². The fourth-order valence-corrected chi connectivity index (χ4v) is 4.07. The molecule has 0 bridgehead atoms. The highest BCUT2D eigenvalue weighted by molar-refractivity contribution is 6.30. The number of hydrogen-bond acceptors (Lipinski definition) is 6. The van der Waals surface area contributed by atoms with Gasteiger partial charge in [0.25, 0.3) is 5.56 Å². The summed E-state index contributed by atoms with van der Waals surface area (Å²) in [6, 6.07) is 6.09. The van der Waals surface area contributed by atoms with Crippen molar-refractivity contribution in [3.63, 3.8) is 0 Å². The third-order valence-electron chi connectivity index (χ3n) is 5.56. The Kier molecular flexibility index (Phi) is 5.15. The first-order chi connectivity index (χ1) is 15.4. The first kappa shape index (κ1) is 20.6. The van der Waals surface area contributed by atoms with E-state index in [0.29, 0.717) is 31.0 Å². The maximum absolute atomic E-state index is 14.9. The molecule has 0 saturated carbocycles. The molecule has 1 aliphatic heterocycles. The number of benzene rings is 1. The van der Waals surface area contributed by atoms with E-state index < -0.39 is 5.82 Å². The first-order valence-corrected chi connectivity index (χ1v) is 10.5. The van der Waals surface area contributed by atoms with Crippen molar-refractivity contribution in [1.82, 2.24) is 24.3 Å². The van der Waals surface area contributed by atoms with Gasteiger partial charge in [-0.3, -0.25) is 9.48 Å². The monoisotopic (exact) mass is 454 g/mol. The number of aromatic nitrogens is 5. The Morgan fingerprint density at radius 1 is 1.25 bits per heavy atom. The van der Waals surface area contributed by atoms with Gasteiger partial charge in [-0.1, -0.05) is 11.6 Å². The van der Waals surface area contributed by atoms with Crippen LogP contribution in [0.25, 0.3) is 22.2 Å². The van der Waals surface area contributed by atoms with Gasteiger partial charge in [0.2, 0.25) is 0 Å². The van der Waals surface area contributed by atoms with E-state index in [0.717, 1.165) is 5.56 Å². The Balaban J connectivity index is 1.64. The van der Waals surface area contributed by atoms with Crippen LogP contribution < -0.4 is 10.5 Å². The molecule has 0 aliphatic carbocycles. The number of anilines is 1. The Hall–Kier alpha value is -3.30. The minimum Gasteiger partial charge on any atom is -0.370 e. The quantitative estimate of drug-likeness (QED) is 0.473. The Morgan fingerprint density at radius 2 is 2.09 bits per heavy atom. The van der Waals surface area contributed by atoms with Crippen LogP contribution in [0.5, 0.6) is 0 Å². The lowest BCUT2D eigenvalue weighted by molar-refractivity contribution is 0.0395. The van der Waals surface area contributed by atoms with Crippen molar-refractivity contribution in [1.29, 1.82) is 0 Å². The van der Waals surface area contributed by atoms with Gasteiger partial charge in [0.15, 0.2) is 0 Å². The number of rotatable bonds is 3. The number of hydrogen-bond donors (Lipinski definition) is 0. The molecule has 1 aromatic carbocycles. The minimum absolute atomic E-state index is 0.178. The van der Waals surface area contributed by atoms with Crippen molar-refractivity contribution in [2.75, 3.05) is 24.6 Å². The van der Waals surface area contributed by atoms with Crippen LogP contribution in [0.1, 0.15) is 11.7 Å². The van der Waals surface area contributed by atoms with Crippen LogP contribution in [0.4, 0.5) is 10.2 Å². The average molecular weight is 455 g/mol. The summed E-state index contributed by atoms with van der Waals surface area (Å²) in [5, 5.41) is 4.75. The largest absolute Gasteiger partial charge is 0.370 e.